The molecule has 2 aromatic rings. The summed E-state index contributed by atoms with van der Waals surface area (Å²) in [4.78, 5) is 12.6. The first-order valence-corrected chi connectivity index (χ1v) is 8.71. The van der Waals surface area contributed by atoms with E-state index in [2.05, 4.69) is 27.9 Å². The minimum Gasteiger partial charge on any atom is -0.348 e. The fourth-order valence-electron chi connectivity index (χ4n) is 3.13. The Labute approximate surface area is 158 Å². The van der Waals surface area contributed by atoms with Gasteiger partial charge in [0.15, 0.2) is 5.69 Å². The van der Waals surface area contributed by atoms with Crippen LogP contribution in [0.4, 0.5) is 0 Å². The Bertz CT molecular complexity index is 734. The summed E-state index contributed by atoms with van der Waals surface area (Å²) in [5.74, 6) is -0.153. The van der Waals surface area contributed by atoms with Gasteiger partial charge >= 0.3 is 0 Å². The Balaban J connectivity index is 0.00000225. The van der Waals surface area contributed by atoms with E-state index in [1.807, 2.05) is 25.1 Å². The summed E-state index contributed by atoms with van der Waals surface area (Å²) >= 11 is 6.06. The van der Waals surface area contributed by atoms with Crippen LogP contribution in [0.2, 0.25) is 5.02 Å². The third-order valence-electron chi connectivity index (χ3n) is 4.32. The molecule has 25 heavy (non-hydrogen) atoms. The third-order valence-corrected chi connectivity index (χ3v) is 4.56. The molecule has 1 aliphatic heterocycles. The number of hydrogen-bond donors (Lipinski definition) is 2. The maximum atomic E-state index is 12.6. The second-order valence-corrected chi connectivity index (χ2v) is 6.62. The highest BCUT2D eigenvalue weighted by molar-refractivity contribution is 6.30. The predicted molar refractivity (Wildman–Crippen MR) is 101 cm³/mol. The van der Waals surface area contributed by atoms with Gasteiger partial charge in [-0.2, -0.15) is 0 Å². The third kappa shape index (κ3) is 4.51. The van der Waals surface area contributed by atoms with E-state index >= 15 is 0 Å². The molecule has 0 aliphatic carbocycles. The summed E-state index contributed by atoms with van der Waals surface area (Å²) in [6.45, 7) is 5.04. The average molecular weight is 384 g/mol. The van der Waals surface area contributed by atoms with Gasteiger partial charge in [0.05, 0.1) is 11.4 Å². The van der Waals surface area contributed by atoms with Crippen molar-refractivity contribution in [2.75, 3.05) is 6.54 Å². The zero-order chi connectivity index (χ0) is 17.1. The smallest absolute Gasteiger partial charge is 0.273 e. The van der Waals surface area contributed by atoms with Crippen molar-refractivity contribution >= 4 is 29.9 Å². The molecule has 8 heteroatoms. The Hall–Kier alpha value is -1.63. The van der Waals surface area contributed by atoms with Crippen LogP contribution in [0.3, 0.4) is 0 Å². The maximum absolute atomic E-state index is 12.6. The van der Waals surface area contributed by atoms with Crippen LogP contribution in [0.15, 0.2) is 24.3 Å². The van der Waals surface area contributed by atoms with Crippen LogP contribution in [-0.4, -0.2) is 39.5 Å². The minimum atomic E-state index is -0.153. The largest absolute Gasteiger partial charge is 0.348 e. The summed E-state index contributed by atoms with van der Waals surface area (Å²) in [7, 11) is 0. The van der Waals surface area contributed by atoms with Crippen molar-refractivity contribution in [1.29, 1.82) is 0 Å². The van der Waals surface area contributed by atoms with Gasteiger partial charge in [-0.3, -0.25) is 4.79 Å². The quantitative estimate of drug-likeness (QED) is 0.851. The number of carbonyl (C=O) groups excluding carboxylic acids is 1. The lowest BCUT2D eigenvalue weighted by molar-refractivity contribution is 0.0919. The first-order chi connectivity index (χ1) is 11.6. The fourth-order valence-corrected chi connectivity index (χ4v) is 3.31. The van der Waals surface area contributed by atoms with Gasteiger partial charge in [0.1, 0.15) is 0 Å². The highest BCUT2D eigenvalue weighted by atomic mass is 35.5. The molecule has 0 saturated carbocycles. The summed E-state index contributed by atoms with van der Waals surface area (Å²) in [5, 5.41) is 15.4. The van der Waals surface area contributed by atoms with Gasteiger partial charge < -0.3 is 10.6 Å². The van der Waals surface area contributed by atoms with E-state index in [-0.39, 0.29) is 24.4 Å². The molecule has 1 aromatic carbocycles. The fraction of sp³-hybridized carbons (Fsp3) is 0.471. The van der Waals surface area contributed by atoms with Crippen molar-refractivity contribution in [3.63, 3.8) is 0 Å². The molecule has 1 aliphatic rings. The molecule has 0 spiro atoms. The lowest BCUT2D eigenvalue weighted by atomic mass is 10.0. The second-order valence-electron chi connectivity index (χ2n) is 6.18. The normalized spacial score (nSPS) is 20.0. The summed E-state index contributed by atoms with van der Waals surface area (Å²) in [5.41, 5.74) is 1.99. The SMILES string of the molecule is CCc1c(C(=O)NC2CCNC(C)C2)nnn1-c1cccc(Cl)c1.Cl. The molecular weight excluding hydrogens is 361 g/mol. The highest BCUT2D eigenvalue weighted by Crippen LogP contribution is 2.18. The predicted octanol–water partition coefficient (Wildman–Crippen LogP) is 2.78. The molecule has 2 heterocycles. The summed E-state index contributed by atoms with van der Waals surface area (Å²) in [6, 6.07) is 7.96. The topological polar surface area (TPSA) is 71.8 Å². The Morgan fingerprint density at radius 1 is 1.48 bits per heavy atom. The van der Waals surface area contributed by atoms with Crippen molar-refractivity contribution in [1.82, 2.24) is 25.6 Å². The van der Waals surface area contributed by atoms with Crippen LogP contribution < -0.4 is 10.6 Å². The van der Waals surface area contributed by atoms with Gasteiger partial charge in [0.2, 0.25) is 0 Å². The van der Waals surface area contributed by atoms with E-state index in [1.54, 1.807) is 10.7 Å². The molecule has 0 bridgehead atoms. The van der Waals surface area contributed by atoms with Crippen molar-refractivity contribution < 1.29 is 4.79 Å². The van der Waals surface area contributed by atoms with Crippen LogP contribution in [0.1, 0.15) is 42.9 Å². The van der Waals surface area contributed by atoms with Gasteiger partial charge in [-0.25, -0.2) is 4.68 Å². The van der Waals surface area contributed by atoms with Crippen LogP contribution >= 0.6 is 24.0 Å². The number of halogens is 2. The highest BCUT2D eigenvalue weighted by Gasteiger charge is 2.24. The van der Waals surface area contributed by atoms with Gasteiger partial charge in [0, 0.05) is 17.1 Å². The van der Waals surface area contributed by atoms with E-state index in [0.717, 1.165) is 30.8 Å². The van der Waals surface area contributed by atoms with Crippen LogP contribution in [-0.2, 0) is 6.42 Å². The zero-order valence-electron chi connectivity index (χ0n) is 14.3. The molecule has 136 valence electrons. The van der Waals surface area contributed by atoms with Crippen LogP contribution in [0.5, 0.6) is 0 Å². The molecule has 3 rings (SSSR count). The van der Waals surface area contributed by atoms with Gasteiger partial charge in [-0.15, -0.1) is 17.5 Å². The van der Waals surface area contributed by atoms with E-state index in [1.165, 1.54) is 0 Å². The molecule has 2 unspecified atom stereocenters. The number of carbonyl (C=O) groups is 1. The average Bonchev–Trinajstić information content (AvgIpc) is 2.99. The maximum Gasteiger partial charge on any atom is 0.273 e. The number of rotatable bonds is 4. The summed E-state index contributed by atoms with van der Waals surface area (Å²) in [6.07, 6.45) is 2.51. The second kappa shape index (κ2) is 8.65. The number of hydrogen-bond acceptors (Lipinski definition) is 4. The van der Waals surface area contributed by atoms with Crippen molar-refractivity contribution in [2.24, 2.45) is 0 Å². The number of aromatic nitrogens is 3. The van der Waals surface area contributed by atoms with Crippen molar-refractivity contribution in [3.8, 4) is 5.69 Å². The van der Waals surface area contributed by atoms with Crippen molar-refractivity contribution in [3.05, 3.63) is 40.7 Å². The molecule has 1 aromatic heterocycles. The number of piperidine rings is 1. The molecule has 6 nitrogen and oxygen atoms in total. The minimum absolute atomic E-state index is 0. The van der Waals surface area contributed by atoms with Crippen LogP contribution in [0.25, 0.3) is 5.69 Å². The lowest BCUT2D eigenvalue weighted by Gasteiger charge is -2.28. The summed E-state index contributed by atoms with van der Waals surface area (Å²) < 4.78 is 1.69. The van der Waals surface area contributed by atoms with E-state index in [9.17, 15) is 4.79 Å². The Morgan fingerprint density at radius 2 is 2.28 bits per heavy atom. The molecule has 0 radical (unpaired) electrons. The Kier molecular flexibility index (Phi) is 6.81. The number of nitrogens with one attached hydrogen (secondary N) is 2. The van der Waals surface area contributed by atoms with E-state index in [0.29, 0.717) is 23.2 Å². The Morgan fingerprint density at radius 3 is 2.96 bits per heavy atom. The number of benzene rings is 1. The number of nitrogens with zero attached hydrogens (tertiary/aromatic N) is 3. The molecule has 2 atom stereocenters. The van der Waals surface area contributed by atoms with Crippen LogP contribution in [0, 0.1) is 0 Å². The first kappa shape index (κ1) is 19.7. The molecule has 1 fully saturated rings. The van der Waals surface area contributed by atoms with Gasteiger partial charge in [-0.1, -0.05) is 29.8 Å². The first-order valence-electron chi connectivity index (χ1n) is 8.33. The van der Waals surface area contributed by atoms with E-state index < -0.39 is 0 Å². The molecule has 1 amide bonds. The lowest BCUT2D eigenvalue weighted by Crippen LogP contribution is -2.46. The van der Waals surface area contributed by atoms with Gasteiger partial charge in [-0.05, 0) is 50.9 Å². The van der Waals surface area contributed by atoms with E-state index in [4.69, 9.17) is 11.6 Å². The standard InChI is InChI=1S/C17H22ClN5O.ClH/c1-3-15-16(17(24)20-13-7-8-19-11(2)9-13)21-22-23(15)14-6-4-5-12(18)10-14;/h4-6,10-11,13,19H,3,7-9H2,1-2H3,(H,20,24);1H. The molecular formula is C17H23Cl2N5O. The van der Waals surface area contributed by atoms with Crippen molar-refractivity contribution in [2.45, 2.75) is 45.2 Å². The monoisotopic (exact) mass is 383 g/mol. The molecule has 1 saturated heterocycles. The van der Waals surface area contributed by atoms with Gasteiger partial charge in [0.25, 0.3) is 5.91 Å². The molecule has 2 N–H and O–H groups in total. The number of amides is 1. The zero-order valence-corrected chi connectivity index (χ0v) is 15.9.